The molecule has 3 aromatic heterocycles. The highest BCUT2D eigenvalue weighted by Gasteiger charge is 2.27. The number of piperidine rings is 1. The molecule has 0 atom stereocenters. The molecule has 5 rings (SSSR count). The van der Waals surface area contributed by atoms with Crippen LogP contribution < -0.4 is 5.32 Å². The third kappa shape index (κ3) is 3.10. The zero-order chi connectivity index (χ0) is 17.3. The van der Waals surface area contributed by atoms with Gasteiger partial charge >= 0.3 is 0 Å². The van der Waals surface area contributed by atoms with Crippen molar-refractivity contribution in [3.63, 3.8) is 0 Å². The number of thiophene rings is 1. The van der Waals surface area contributed by atoms with Gasteiger partial charge in [-0.3, -0.25) is 0 Å². The third-order valence-electron chi connectivity index (χ3n) is 5.76. The van der Waals surface area contributed by atoms with Gasteiger partial charge in [-0.15, -0.1) is 15.3 Å². The number of anilines is 1. The van der Waals surface area contributed by atoms with E-state index in [1.54, 1.807) is 11.3 Å². The zero-order valence-electron chi connectivity index (χ0n) is 14.8. The zero-order valence-corrected chi connectivity index (χ0v) is 15.7. The highest BCUT2D eigenvalue weighted by Crippen LogP contribution is 2.27. The molecule has 136 valence electrons. The number of nitrogens with one attached hydrogen (secondary N) is 1. The van der Waals surface area contributed by atoms with Crippen LogP contribution in [0.1, 0.15) is 38.5 Å². The Morgan fingerprint density at radius 3 is 2.62 bits per heavy atom. The van der Waals surface area contributed by atoms with Crippen molar-refractivity contribution in [2.75, 3.05) is 18.4 Å². The van der Waals surface area contributed by atoms with Gasteiger partial charge in [-0.25, -0.2) is 0 Å². The molecule has 1 saturated heterocycles. The van der Waals surface area contributed by atoms with Crippen LogP contribution in [0, 0.1) is 0 Å². The summed E-state index contributed by atoms with van der Waals surface area (Å²) in [7, 11) is 0. The van der Waals surface area contributed by atoms with Gasteiger partial charge < -0.3 is 10.2 Å². The van der Waals surface area contributed by atoms with Crippen molar-refractivity contribution in [1.29, 1.82) is 0 Å². The molecular weight excluding hydrogens is 344 g/mol. The van der Waals surface area contributed by atoms with Crippen LogP contribution >= 0.6 is 11.3 Å². The molecule has 0 unspecified atom stereocenters. The Morgan fingerprint density at radius 2 is 1.85 bits per heavy atom. The molecule has 6 nitrogen and oxygen atoms in total. The molecule has 1 aliphatic heterocycles. The Hall–Kier alpha value is -1.99. The SMILES string of the molecule is c1cc(-c2nnc3ccc(NC4CCN(C5CCCC5)CC4)nn23)cs1. The molecule has 2 aliphatic rings. The smallest absolute Gasteiger partial charge is 0.186 e. The molecule has 1 N–H and O–H groups in total. The molecule has 1 aliphatic carbocycles. The minimum Gasteiger partial charge on any atom is -0.366 e. The van der Waals surface area contributed by atoms with Crippen LogP contribution in [-0.4, -0.2) is 49.9 Å². The quantitative estimate of drug-likeness (QED) is 0.761. The van der Waals surface area contributed by atoms with E-state index in [-0.39, 0.29) is 0 Å². The number of nitrogens with zero attached hydrogens (tertiary/aromatic N) is 5. The van der Waals surface area contributed by atoms with Crippen LogP contribution in [0.4, 0.5) is 5.82 Å². The molecule has 2 fully saturated rings. The van der Waals surface area contributed by atoms with E-state index in [4.69, 9.17) is 5.10 Å². The Morgan fingerprint density at radius 1 is 1.00 bits per heavy atom. The Balaban J connectivity index is 1.29. The van der Waals surface area contributed by atoms with Crippen LogP contribution in [0.2, 0.25) is 0 Å². The summed E-state index contributed by atoms with van der Waals surface area (Å²) in [5, 5.41) is 21.1. The highest BCUT2D eigenvalue weighted by atomic mass is 32.1. The molecule has 1 saturated carbocycles. The number of likely N-dealkylation sites (tertiary alicyclic amines) is 1. The minimum absolute atomic E-state index is 0.499. The first-order chi connectivity index (χ1) is 12.9. The minimum atomic E-state index is 0.499. The van der Waals surface area contributed by atoms with Gasteiger partial charge in [0.05, 0.1) is 0 Å². The Bertz CT molecular complexity index is 859. The second-order valence-electron chi connectivity index (χ2n) is 7.42. The highest BCUT2D eigenvalue weighted by molar-refractivity contribution is 7.08. The fourth-order valence-electron chi connectivity index (χ4n) is 4.33. The van der Waals surface area contributed by atoms with Gasteiger partial charge in [-0.05, 0) is 49.3 Å². The lowest BCUT2D eigenvalue weighted by atomic mass is 10.0. The van der Waals surface area contributed by atoms with Gasteiger partial charge in [0.2, 0.25) is 0 Å². The fourth-order valence-corrected chi connectivity index (χ4v) is 4.96. The first-order valence-electron chi connectivity index (χ1n) is 9.62. The summed E-state index contributed by atoms with van der Waals surface area (Å²) in [6.07, 6.45) is 8.01. The second kappa shape index (κ2) is 6.96. The molecule has 0 radical (unpaired) electrons. The number of rotatable bonds is 4. The van der Waals surface area contributed by atoms with Crippen molar-refractivity contribution >= 4 is 22.8 Å². The average Bonchev–Trinajstić information content (AvgIpc) is 3.43. The van der Waals surface area contributed by atoms with Gasteiger partial charge in [-0.2, -0.15) is 15.9 Å². The molecular formula is C19H24N6S. The van der Waals surface area contributed by atoms with E-state index < -0.39 is 0 Å². The first-order valence-corrected chi connectivity index (χ1v) is 10.6. The van der Waals surface area contributed by atoms with Crippen molar-refractivity contribution in [3.8, 4) is 11.4 Å². The largest absolute Gasteiger partial charge is 0.366 e. The van der Waals surface area contributed by atoms with Gasteiger partial charge in [0.15, 0.2) is 11.5 Å². The second-order valence-corrected chi connectivity index (χ2v) is 8.20. The summed E-state index contributed by atoms with van der Waals surface area (Å²) in [6, 6.07) is 7.41. The lowest BCUT2D eigenvalue weighted by Gasteiger charge is -2.36. The van der Waals surface area contributed by atoms with Crippen molar-refractivity contribution < 1.29 is 0 Å². The van der Waals surface area contributed by atoms with Crippen LogP contribution in [-0.2, 0) is 0 Å². The third-order valence-corrected chi connectivity index (χ3v) is 6.45. The van der Waals surface area contributed by atoms with E-state index >= 15 is 0 Å². The summed E-state index contributed by atoms with van der Waals surface area (Å²) in [5.41, 5.74) is 1.85. The monoisotopic (exact) mass is 368 g/mol. The summed E-state index contributed by atoms with van der Waals surface area (Å²) < 4.78 is 1.85. The van der Waals surface area contributed by atoms with Gasteiger partial charge in [-0.1, -0.05) is 12.8 Å². The Kier molecular flexibility index (Phi) is 4.34. The fraction of sp³-hybridized carbons (Fsp3) is 0.526. The van der Waals surface area contributed by atoms with E-state index in [0.717, 1.165) is 28.9 Å². The molecule has 0 aromatic carbocycles. The molecule has 0 spiro atoms. The van der Waals surface area contributed by atoms with Crippen molar-refractivity contribution in [1.82, 2.24) is 24.7 Å². The number of hydrogen-bond donors (Lipinski definition) is 1. The van der Waals surface area contributed by atoms with E-state index in [9.17, 15) is 0 Å². The van der Waals surface area contributed by atoms with E-state index in [2.05, 4.69) is 37.2 Å². The predicted molar refractivity (Wildman–Crippen MR) is 105 cm³/mol. The predicted octanol–water partition coefficient (Wildman–Crippen LogP) is 3.67. The van der Waals surface area contributed by atoms with Gasteiger partial charge in [0.1, 0.15) is 5.82 Å². The normalized spacial score (nSPS) is 20.2. The summed E-state index contributed by atoms with van der Waals surface area (Å²) >= 11 is 1.66. The van der Waals surface area contributed by atoms with Gasteiger partial charge in [0, 0.05) is 36.1 Å². The topological polar surface area (TPSA) is 58.4 Å². The first kappa shape index (κ1) is 16.2. The van der Waals surface area contributed by atoms with Crippen LogP contribution in [0.5, 0.6) is 0 Å². The summed E-state index contributed by atoms with van der Waals surface area (Å²) in [4.78, 5) is 2.70. The molecule has 26 heavy (non-hydrogen) atoms. The molecule has 3 aromatic rings. The Labute approximate surface area is 157 Å². The number of aromatic nitrogens is 4. The molecule has 4 heterocycles. The summed E-state index contributed by atoms with van der Waals surface area (Å²) in [5.74, 6) is 1.72. The van der Waals surface area contributed by atoms with E-state index in [1.807, 2.05) is 16.6 Å². The van der Waals surface area contributed by atoms with E-state index in [1.165, 1.54) is 51.6 Å². The van der Waals surface area contributed by atoms with Gasteiger partial charge in [0.25, 0.3) is 0 Å². The molecule has 0 amide bonds. The maximum absolute atomic E-state index is 4.75. The van der Waals surface area contributed by atoms with Crippen molar-refractivity contribution in [2.45, 2.75) is 50.6 Å². The van der Waals surface area contributed by atoms with Crippen LogP contribution in [0.25, 0.3) is 17.0 Å². The van der Waals surface area contributed by atoms with E-state index in [0.29, 0.717) is 6.04 Å². The molecule has 0 bridgehead atoms. The lowest BCUT2D eigenvalue weighted by Crippen LogP contribution is -2.43. The standard InChI is InChI=1S/C19H24N6S/c1-2-4-16(3-1)24-10-7-15(8-11-24)20-17-5-6-18-21-22-19(25(18)23-17)14-9-12-26-13-14/h5-6,9,12-13,15-16H,1-4,7-8,10-11H2,(H,20,23). The van der Waals surface area contributed by atoms with Crippen LogP contribution in [0.15, 0.2) is 29.0 Å². The number of hydrogen-bond acceptors (Lipinski definition) is 6. The average molecular weight is 369 g/mol. The van der Waals surface area contributed by atoms with Crippen molar-refractivity contribution in [3.05, 3.63) is 29.0 Å². The maximum atomic E-state index is 4.75. The molecule has 7 heteroatoms. The number of fused-ring (bicyclic) bond motifs is 1. The van der Waals surface area contributed by atoms with Crippen molar-refractivity contribution in [2.24, 2.45) is 0 Å². The lowest BCUT2D eigenvalue weighted by molar-refractivity contribution is 0.159. The maximum Gasteiger partial charge on any atom is 0.186 e. The van der Waals surface area contributed by atoms with Crippen LogP contribution in [0.3, 0.4) is 0 Å². The summed E-state index contributed by atoms with van der Waals surface area (Å²) in [6.45, 7) is 2.41.